The minimum Gasteiger partial charge on any atom is -0.497 e. The number of benzene rings is 1. The maximum Gasteiger partial charge on any atom is 0.119 e. The Morgan fingerprint density at radius 1 is 1.15 bits per heavy atom. The van der Waals surface area contributed by atoms with Crippen LogP contribution in [0.5, 0.6) is 5.75 Å². The Labute approximate surface area is 119 Å². The van der Waals surface area contributed by atoms with Crippen LogP contribution < -0.4 is 9.64 Å². The molecule has 20 heavy (non-hydrogen) atoms. The first-order valence-corrected chi connectivity index (χ1v) is 7.22. The third kappa shape index (κ3) is 1.69. The molecule has 2 bridgehead atoms. The Hall–Kier alpha value is -2.03. The molecule has 2 aliphatic rings. The maximum atomic E-state index is 5.26. The zero-order chi connectivity index (χ0) is 13.5. The standard InChI is InChI=1S/C17H18N2O/c1-20-15-5-2-13(3-6-15)19-14-4-7-17(19)16-8-9-18-11-12(16)10-14/h2-3,5-6,8-9,11,14,17H,4,7,10H2,1H3. The van der Waals surface area contributed by atoms with E-state index >= 15 is 0 Å². The van der Waals surface area contributed by atoms with Crippen molar-refractivity contribution >= 4 is 5.69 Å². The number of ether oxygens (including phenoxy) is 1. The fourth-order valence-corrected chi connectivity index (χ4v) is 3.72. The monoisotopic (exact) mass is 266 g/mol. The molecule has 1 aromatic carbocycles. The highest BCUT2D eigenvalue weighted by Gasteiger charge is 2.39. The molecule has 0 amide bonds. The molecule has 0 N–H and O–H groups in total. The van der Waals surface area contributed by atoms with Gasteiger partial charge in [-0.3, -0.25) is 4.98 Å². The van der Waals surface area contributed by atoms with E-state index in [2.05, 4.69) is 40.2 Å². The van der Waals surface area contributed by atoms with Gasteiger partial charge in [0.1, 0.15) is 5.75 Å². The number of methoxy groups -OCH3 is 1. The minimum absolute atomic E-state index is 0.514. The van der Waals surface area contributed by atoms with Crippen LogP contribution in [0.25, 0.3) is 0 Å². The van der Waals surface area contributed by atoms with Gasteiger partial charge in [-0.2, -0.15) is 0 Å². The molecule has 3 heteroatoms. The molecule has 0 spiro atoms. The van der Waals surface area contributed by atoms with Gasteiger partial charge in [0.25, 0.3) is 0 Å². The molecule has 2 atom stereocenters. The summed E-state index contributed by atoms with van der Waals surface area (Å²) in [5.41, 5.74) is 4.20. The SMILES string of the molecule is COc1ccc(N2C3CCC2c2ccncc2C3)cc1. The van der Waals surface area contributed by atoms with E-state index in [-0.39, 0.29) is 0 Å². The van der Waals surface area contributed by atoms with Gasteiger partial charge in [-0.05, 0) is 60.7 Å². The molecule has 4 rings (SSSR count). The van der Waals surface area contributed by atoms with Crippen LogP contribution in [0.2, 0.25) is 0 Å². The van der Waals surface area contributed by atoms with Gasteiger partial charge in [-0.15, -0.1) is 0 Å². The number of anilines is 1. The van der Waals surface area contributed by atoms with Crippen molar-refractivity contribution in [2.75, 3.05) is 12.0 Å². The molecule has 2 aliphatic heterocycles. The number of pyridine rings is 1. The third-order valence-corrected chi connectivity index (χ3v) is 4.63. The van der Waals surface area contributed by atoms with Crippen molar-refractivity contribution in [3.63, 3.8) is 0 Å². The highest BCUT2D eigenvalue weighted by molar-refractivity contribution is 5.56. The molecular weight excluding hydrogens is 248 g/mol. The van der Waals surface area contributed by atoms with E-state index in [1.54, 1.807) is 7.11 Å². The number of aromatic nitrogens is 1. The van der Waals surface area contributed by atoms with Crippen molar-refractivity contribution in [2.45, 2.75) is 31.3 Å². The van der Waals surface area contributed by atoms with Gasteiger partial charge in [0.2, 0.25) is 0 Å². The average Bonchev–Trinajstić information content (AvgIpc) is 2.82. The zero-order valence-electron chi connectivity index (χ0n) is 11.6. The smallest absolute Gasteiger partial charge is 0.119 e. The average molecular weight is 266 g/mol. The fraction of sp³-hybridized carbons (Fsp3) is 0.353. The number of hydrogen-bond acceptors (Lipinski definition) is 3. The Morgan fingerprint density at radius 2 is 2.00 bits per heavy atom. The predicted octanol–water partition coefficient (Wildman–Crippen LogP) is 3.36. The first kappa shape index (κ1) is 11.8. The number of rotatable bonds is 2. The van der Waals surface area contributed by atoms with E-state index in [9.17, 15) is 0 Å². The summed E-state index contributed by atoms with van der Waals surface area (Å²) in [5.74, 6) is 0.919. The molecule has 1 saturated heterocycles. The van der Waals surface area contributed by atoms with Gasteiger partial charge >= 0.3 is 0 Å². The van der Waals surface area contributed by atoms with Crippen LogP contribution in [0.4, 0.5) is 5.69 Å². The highest BCUT2D eigenvalue weighted by Crippen LogP contribution is 2.46. The van der Waals surface area contributed by atoms with Gasteiger partial charge in [-0.1, -0.05) is 0 Å². The lowest BCUT2D eigenvalue weighted by molar-refractivity contribution is 0.414. The molecule has 0 saturated carbocycles. The summed E-state index contributed by atoms with van der Waals surface area (Å²) in [4.78, 5) is 6.87. The summed E-state index contributed by atoms with van der Waals surface area (Å²) in [7, 11) is 1.71. The summed E-state index contributed by atoms with van der Waals surface area (Å²) in [6.07, 6.45) is 7.60. The summed E-state index contributed by atoms with van der Waals surface area (Å²) in [5, 5.41) is 0. The molecule has 0 aliphatic carbocycles. The van der Waals surface area contributed by atoms with Crippen molar-refractivity contribution in [1.29, 1.82) is 0 Å². The second-order valence-corrected chi connectivity index (χ2v) is 5.63. The maximum absolute atomic E-state index is 5.26. The number of fused-ring (bicyclic) bond motifs is 4. The lowest BCUT2D eigenvalue weighted by Crippen LogP contribution is -2.37. The zero-order valence-corrected chi connectivity index (χ0v) is 11.6. The molecule has 0 radical (unpaired) electrons. The van der Waals surface area contributed by atoms with Gasteiger partial charge in [0, 0.05) is 24.1 Å². The first-order chi connectivity index (χ1) is 9.86. The molecule has 1 fully saturated rings. The number of hydrogen-bond donors (Lipinski definition) is 0. The van der Waals surface area contributed by atoms with E-state index in [0.29, 0.717) is 12.1 Å². The Morgan fingerprint density at radius 3 is 2.80 bits per heavy atom. The first-order valence-electron chi connectivity index (χ1n) is 7.22. The summed E-state index contributed by atoms with van der Waals surface area (Å²) in [6, 6.07) is 11.8. The normalized spacial score (nSPS) is 23.6. The van der Waals surface area contributed by atoms with Gasteiger partial charge in [-0.25, -0.2) is 0 Å². The number of nitrogens with zero attached hydrogens (tertiary/aromatic N) is 2. The minimum atomic E-state index is 0.514. The molecule has 2 aromatic rings. The molecular formula is C17H18N2O. The van der Waals surface area contributed by atoms with E-state index in [4.69, 9.17) is 4.74 Å². The lowest BCUT2D eigenvalue weighted by Gasteiger charge is -2.38. The Balaban J connectivity index is 1.73. The molecule has 1 aromatic heterocycles. The topological polar surface area (TPSA) is 25.4 Å². The summed E-state index contributed by atoms with van der Waals surface area (Å²) < 4.78 is 5.26. The van der Waals surface area contributed by atoms with Gasteiger partial charge in [0.15, 0.2) is 0 Å². The second kappa shape index (κ2) is 4.51. The second-order valence-electron chi connectivity index (χ2n) is 5.63. The summed E-state index contributed by atoms with van der Waals surface area (Å²) in [6.45, 7) is 0. The van der Waals surface area contributed by atoms with Crippen LogP contribution >= 0.6 is 0 Å². The van der Waals surface area contributed by atoms with Crippen LogP contribution in [0.3, 0.4) is 0 Å². The third-order valence-electron chi connectivity index (χ3n) is 4.63. The van der Waals surface area contributed by atoms with E-state index in [1.807, 2.05) is 12.4 Å². The molecule has 2 unspecified atom stereocenters. The van der Waals surface area contributed by atoms with Crippen LogP contribution in [-0.4, -0.2) is 18.1 Å². The van der Waals surface area contributed by atoms with E-state index in [0.717, 1.165) is 12.2 Å². The quantitative estimate of drug-likeness (QED) is 0.833. The van der Waals surface area contributed by atoms with Crippen LogP contribution in [0, 0.1) is 0 Å². The molecule has 102 valence electrons. The van der Waals surface area contributed by atoms with Gasteiger partial charge < -0.3 is 9.64 Å². The van der Waals surface area contributed by atoms with Crippen molar-refractivity contribution in [3.05, 3.63) is 53.9 Å². The van der Waals surface area contributed by atoms with Crippen molar-refractivity contribution in [1.82, 2.24) is 4.98 Å². The fourth-order valence-electron chi connectivity index (χ4n) is 3.72. The van der Waals surface area contributed by atoms with Crippen LogP contribution in [-0.2, 0) is 6.42 Å². The van der Waals surface area contributed by atoms with Crippen LogP contribution in [0.1, 0.15) is 30.0 Å². The molecule has 3 heterocycles. The molecule has 3 nitrogen and oxygen atoms in total. The predicted molar refractivity (Wildman–Crippen MR) is 79.2 cm³/mol. The van der Waals surface area contributed by atoms with Crippen molar-refractivity contribution in [2.24, 2.45) is 0 Å². The van der Waals surface area contributed by atoms with Gasteiger partial charge in [0.05, 0.1) is 13.2 Å². The van der Waals surface area contributed by atoms with Crippen molar-refractivity contribution in [3.8, 4) is 5.75 Å². The lowest BCUT2D eigenvalue weighted by atomic mass is 9.94. The van der Waals surface area contributed by atoms with Crippen LogP contribution in [0.15, 0.2) is 42.7 Å². The largest absolute Gasteiger partial charge is 0.497 e. The Bertz CT molecular complexity index is 623. The van der Waals surface area contributed by atoms with E-state index in [1.165, 1.54) is 29.7 Å². The summed E-state index contributed by atoms with van der Waals surface area (Å²) >= 11 is 0. The van der Waals surface area contributed by atoms with Crippen molar-refractivity contribution < 1.29 is 4.74 Å². The van der Waals surface area contributed by atoms with E-state index < -0.39 is 0 Å². The highest BCUT2D eigenvalue weighted by atomic mass is 16.5. The Kier molecular flexibility index (Phi) is 2.66.